The van der Waals surface area contributed by atoms with E-state index in [9.17, 15) is 4.79 Å². The molecule has 2 aliphatic rings. The Morgan fingerprint density at radius 1 is 1.24 bits per heavy atom. The van der Waals surface area contributed by atoms with E-state index in [1.807, 2.05) is 0 Å². The molecule has 0 N–H and O–H groups in total. The lowest BCUT2D eigenvalue weighted by atomic mass is 9.85. The summed E-state index contributed by atoms with van der Waals surface area (Å²) in [6.07, 6.45) is 9.82. The number of allylic oxidation sites excluding steroid dienone is 5. The topological polar surface area (TPSA) is 17.1 Å². The minimum atomic E-state index is 0.282. The zero-order chi connectivity index (χ0) is 12.4. The smallest absolute Gasteiger partial charge is 0.159 e. The maximum absolute atomic E-state index is 11.8. The van der Waals surface area contributed by atoms with Crippen LogP contribution in [0.25, 0.3) is 0 Å². The summed E-state index contributed by atoms with van der Waals surface area (Å²) in [5.74, 6) is 1.09. The summed E-state index contributed by atoms with van der Waals surface area (Å²) in [5, 5.41) is 0. The molecule has 92 valence electrons. The SMILES string of the molecule is C=C1C(=O)C[C@@H]2/C=C(\C)CC/C=C(\C)CC[C@@H]12. The fraction of sp³-hybridized carbons (Fsp3) is 0.562. The van der Waals surface area contributed by atoms with Gasteiger partial charge in [-0.25, -0.2) is 0 Å². The third-order valence-electron chi connectivity index (χ3n) is 4.12. The monoisotopic (exact) mass is 230 g/mol. The maximum Gasteiger partial charge on any atom is 0.159 e. The highest BCUT2D eigenvalue weighted by Gasteiger charge is 2.34. The molecule has 2 aliphatic carbocycles. The first-order valence-electron chi connectivity index (χ1n) is 6.63. The maximum atomic E-state index is 11.8. The number of rotatable bonds is 0. The van der Waals surface area contributed by atoms with Crippen LogP contribution in [-0.2, 0) is 4.79 Å². The Kier molecular flexibility index (Phi) is 3.66. The molecule has 1 heteroatoms. The molecule has 0 aromatic carbocycles. The molecule has 0 radical (unpaired) electrons. The number of carbonyl (C=O) groups is 1. The molecule has 1 nitrogen and oxygen atoms in total. The van der Waals surface area contributed by atoms with Gasteiger partial charge in [0, 0.05) is 6.42 Å². The highest BCUT2D eigenvalue weighted by Crippen LogP contribution is 2.39. The largest absolute Gasteiger partial charge is 0.295 e. The van der Waals surface area contributed by atoms with Crippen LogP contribution in [-0.4, -0.2) is 5.78 Å². The first-order valence-corrected chi connectivity index (χ1v) is 6.63. The average molecular weight is 230 g/mol. The number of carbonyl (C=O) groups excluding carboxylic acids is 1. The van der Waals surface area contributed by atoms with Crippen molar-refractivity contribution in [1.82, 2.24) is 0 Å². The molecular weight excluding hydrogens is 208 g/mol. The zero-order valence-electron chi connectivity index (χ0n) is 11.0. The molecule has 17 heavy (non-hydrogen) atoms. The number of fused-ring (bicyclic) bond motifs is 1. The van der Waals surface area contributed by atoms with E-state index in [1.54, 1.807) is 0 Å². The van der Waals surface area contributed by atoms with Gasteiger partial charge < -0.3 is 0 Å². The Bertz CT molecular complexity index is 398. The van der Waals surface area contributed by atoms with Crippen molar-refractivity contribution in [3.05, 3.63) is 35.5 Å². The minimum Gasteiger partial charge on any atom is -0.295 e. The van der Waals surface area contributed by atoms with Gasteiger partial charge >= 0.3 is 0 Å². The molecule has 1 fully saturated rings. The summed E-state index contributed by atoms with van der Waals surface area (Å²) in [4.78, 5) is 11.8. The van der Waals surface area contributed by atoms with E-state index in [2.05, 4.69) is 32.6 Å². The predicted octanol–water partition coefficient (Wildman–Crippen LogP) is 4.21. The Hall–Kier alpha value is -1.11. The predicted molar refractivity (Wildman–Crippen MR) is 71.7 cm³/mol. The van der Waals surface area contributed by atoms with Crippen molar-refractivity contribution >= 4 is 5.78 Å². The van der Waals surface area contributed by atoms with E-state index in [1.165, 1.54) is 11.1 Å². The zero-order valence-corrected chi connectivity index (χ0v) is 11.0. The van der Waals surface area contributed by atoms with E-state index in [4.69, 9.17) is 0 Å². The van der Waals surface area contributed by atoms with Crippen LogP contribution in [0.4, 0.5) is 0 Å². The van der Waals surface area contributed by atoms with E-state index >= 15 is 0 Å². The van der Waals surface area contributed by atoms with Gasteiger partial charge in [0.1, 0.15) is 0 Å². The first-order chi connectivity index (χ1) is 8.08. The van der Waals surface area contributed by atoms with E-state index in [0.29, 0.717) is 18.3 Å². The Labute approximate surface area is 104 Å². The van der Waals surface area contributed by atoms with E-state index in [0.717, 1.165) is 31.3 Å². The molecule has 0 saturated heterocycles. The second-order valence-corrected chi connectivity index (χ2v) is 5.56. The van der Waals surface area contributed by atoms with Crippen molar-refractivity contribution in [2.24, 2.45) is 11.8 Å². The van der Waals surface area contributed by atoms with Gasteiger partial charge in [-0.2, -0.15) is 0 Å². The highest BCUT2D eigenvalue weighted by atomic mass is 16.1. The second-order valence-electron chi connectivity index (χ2n) is 5.56. The van der Waals surface area contributed by atoms with Gasteiger partial charge in [-0.15, -0.1) is 0 Å². The quantitative estimate of drug-likeness (QED) is 0.450. The number of hydrogen-bond acceptors (Lipinski definition) is 1. The lowest BCUT2D eigenvalue weighted by Gasteiger charge is -2.19. The van der Waals surface area contributed by atoms with Gasteiger partial charge in [0.25, 0.3) is 0 Å². The van der Waals surface area contributed by atoms with Crippen LogP contribution in [0.1, 0.15) is 46.0 Å². The van der Waals surface area contributed by atoms with Crippen LogP contribution in [0, 0.1) is 11.8 Å². The lowest BCUT2D eigenvalue weighted by Crippen LogP contribution is -2.08. The summed E-state index contributed by atoms with van der Waals surface area (Å²) in [6.45, 7) is 8.39. The Morgan fingerprint density at radius 3 is 2.76 bits per heavy atom. The number of ketones is 1. The summed E-state index contributed by atoms with van der Waals surface area (Å²) < 4.78 is 0. The van der Waals surface area contributed by atoms with Crippen molar-refractivity contribution in [3.8, 4) is 0 Å². The fourth-order valence-corrected chi connectivity index (χ4v) is 3.00. The molecule has 0 spiro atoms. The van der Waals surface area contributed by atoms with Gasteiger partial charge in [-0.3, -0.25) is 4.79 Å². The summed E-state index contributed by atoms with van der Waals surface area (Å²) in [7, 11) is 0. The summed E-state index contributed by atoms with van der Waals surface area (Å²) >= 11 is 0. The second kappa shape index (κ2) is 5.03. The van der Waals surface area contributed by atoms with Gasteiger partial charge in [0.2, 0.25) is 0 Å². The average Bonchev–Trinajstić information content (AvgIpc) is 2.52. The molecule has 0 aromatic heterocycles. The van der Waals surface area contributed by atoms with Crippen molar-refractivity contribution < 1.29 is 4.79 Å². The van der Waals surface area contributed by atoms with Crippen molar-refractivity contribution in [1.29, 1.82) is 0 Å². The minimum absolute atomic E-state index is 0.282. The van der Waals surface area contributed by atoms with Gasteiger partial charge in [-0.1, -0.05) is 29.9 Å². The van der Waals surface area contributed by atoms with Gasteiger partial charge in [0.15, 0.2) is 5.78 Å². The van der Waals surface area contributed by atoms with Gasteiger partial charge in [-0.05, 0) is 56.9 Å². The van der Waals surface area contributed by atoms with Crippen LogP contribution < -0.4 is 0 Å². The van der Waals surface area contributed by atoms with Crippen molar-refractivity contribution in [2.45, 2.75) is 46.0 Å². The fourth-order valence-electron chi connectivity index (χ4n) is 3.00. The van der Waals surface area contributed by atoms with Gasteiger partial charge in [0.05, 0.1) is 0 Å². The molecule has 0 aliphatic heterocycles. The molecule has 2 rings (SSSR count). The molecule has 0 unspecified atom stereocenters. The molecule has 2 atom stereocenters. The molecular formula is C16H22O. The molecule has 0 aromatic rings. The first kappa shape index (κ1) is 12.3. The number of hydrogen-bond donors (Lipinski definition) is 0. The highest BCUT2D eigenvalue weighted by molar-refractivity contribution is 5.98. The summed E-state index contributed by atoms with van der Waals surface area (Å²) in [6, 6.07) is 0. The van der Waals surface area contributed by atoms with Crippen molar-refractivity contribution in [3.63, 3.8) is 0 Å². The normalized spacial score (nSPS) is 36.8. The molecule has 0 heterocycles. The number of Topliss-reactive ketones (excluding diaryl/α,β-unsaturated/α-hetero) is 1. The van der Waals surface area contributed by atoms with Crippen LogP contribution in [0.2, 0.25) is 0 Å². The Balaban J connectivity index is 2.24. The van der Waals surface area contributed by atoms with Crippen LogP contribution in [0.3, 0.4) is 0 Å². The standard InChI is InChI=1S/C16H22O/c1-11-5-4-6-12(2)9-14-10-16(17)13(3)15(14)8-7-11/h5,9,14-15H,3-4,6-8,10H2,1-2H3/b11-5+,12-9+/t14-,15-/m0/s1. The van der Waals surface area contributed by atoms with Crippen LogP contribution in [0.15, 0.2) is 35.5 Å². The Morgan fingerprint density at radius 2 is 2.00 bits per heavy atom. The van der Waals surface area contributed by atoms with Crippen molar-refractivity contribution in [2.75, 3.05) is 0 Å². The lowest BCUT2D eigenvalue weighted by molar-refractivity contribution is -0.114. The molecule has 1 saturated carbocycles. The van der Waals surface area contributed by atoms with E-state index < -0.39 is 0 Å². The third kappa shape index (κ3) is 2.77. The van der Waals surface area contributed by atoms with Crippen LogP contribution >= 0.6 is 0 Å². The molecule has 0 bridgehead atoms. The molecule has 0 amide bonds. The summed E-state index contributed by atoms with van der Waals surface area (Å²) in [5.41, 5.74) is 3.76. The van der Waals surface area contributed by atoms with E-state index in [-0.39, 0.29) is 5.78 Å². The third-order valence-corrected chi connectivity index (χ3v) is 4.12. The van der Waals surface area contributed by atoms with Crippen LogP contribution in [0.5, 0.6) is 0 Å².